The zero-order valence-electron chi connectivity index (χ0n) is 39.5. The maximum absolute atomic E-state index is 13.2. The van der Waals surface area contributed by atoms with Crippen molar-refractivity contribution in [2.24, 2.45) is 0 Å². The van der Waals surface area contributed by atoms with Crippen LogP contribution in [-0.2, 0) is 14.3 Å². The molecule has 0 rings (SSSR count). The van der Waals surface area contributed by atoms with Crippen LogP contribution >= 0.6 is 0 Å². The van der Waals surface area contributed by atoms with E-state index in [0.717, 1.165) is 38.5 Å². The van der Waals surface area contributed by atoms with Crippen molar-refractivity contribution in [3.05, 3.63) is 0 Å². The summed E-state index contributed by atoms with van der Waals surface area (Å²) in [7, 11) is 0. The zero-order chi connectivity index (χ0) is 42.4. The lowest BCUT2D eigenvalue weighted by Crippen LogP contribution is -2.46. The van der Waals surface area contributed by atoms with Crippen LogP contribution in [0, 0.1) is 0 Å². The van der Waals surface area contributed by atoms with Gasteiger partial charge in [0.25, 0.3) is 0 Å². The summed E-state index contributed by atoms with van der Waals surface area (Å²) in [6.07, 6.45) is 50.2. The molecule has 6 nitrogen and oxygen atoms in total. The van der Waals surface area contributed by atoms with Gasteiger partial charge in [0, 0.05) is 6.42 Å². The fraction of sp³-hybridized carbons (Fsp3) is 0.962. The molecule has 0 aromatic heterocycles. The molecule has 0 aliphatic carbocycles. The zero-order valence-corrected chi connectivity index (χ0v) is 39.5. The molecule has 0 aromatic rings. The van der Waals surface area contributed by atoms with Crippen LogP contribution in [-0.4, -0.2) is 46.9 Å². The third kappa shape index (κ3) is 41.6. The fourth-order valence-electron chi connectivity index (χ4n) is 8.43. The Kier molecular flexibility index (Phi) is 46.0. The minimum Gasteiger partial charge on any atom is -0.462 e. The topological polar surface area (TPSA) is 95.9 Å². The van der Waals surface area contributed by atoms with Gasteiger partial charge in [-0.1, -0.05) is 258 Å². The summed E-state index contributed by atoms with van der Waals surface area (Å²) in [5.41, 5.74) is 0. The number of aliphatic hydroxyl groups is 2. The Morgan fingerprint density at radius 2 is 0.724 bits per heavy atom. The standard InChI is InChI=1S/C52H103NO5/c1-4-7-10-13-16-19-22-24-25-26-28-29-31-34-37-40-43-48(58-52(57)45-42-39-36-33-30-27-23-20-17-14-11-8-5-2)46-51(56)53-49(47-54)50(55)44-41-38-35-32-21-18-15-12-9-6-3/h48-50,54-55H,4-47H2,1-3H3,(H,53,56). The quantitative estimate of drug-likeness (QED) is 0.0420. The maximum atomic E-state index is 13.2. The minimum atomic E-state index is -0.778. The normalized spacial score (nSPS) is 13.1. The largest absolute Gasteiger partial charge is 0.462 e. The molecular weight excluding hydrogens is 719 g/mol. The van der Waals surface area contributed by atoms with Gasteiger partial charge in [-0.05, 0) is 25.7 Å². The van der Waals surface area contributed by atoms with Crippen molar-refractivity contribution in [1.29, 1.82) is 0 Å². The second-order valence-electron chi connectivity index (χ2n) is 18.3. The molecule has 3 unspecified atom stereocenters. The van der Waals surface area contributed by atoms with Crippen molar-refractivity contribution in [2.75, 3.05) is 6.61 Å². The van der Waals surface area contributed by atoms with Gasteiger partial charge < -0.3 is 20.3 Å². The first kappa shape index (κ1) is 56.9. The number of esters is 1. The summed E-state index contributed by atoms with van der Waals surface area (Å²) in [6, 6.07) is -0.691. The van der Waals surface area contributed by atoms with Crippen LogP contribution in [0.4, 0.5) is 0 Å². The van der Waals surface area contributed by atoms with E-state index in [2.05, 4.69) is 26.1 Å². The Morgan fingerprint density at radius 3 is 1.05 bits per heavy atom. The van der Waals surface area contributed by atoms with E-state index >= 15 is 0 Å². The number of amides is 1. The molecule has 3 N–H and O–H groups in total. The first-order valence-electron chi connectivity index (χ1n) is 26.3. The van der Waals surface area contributed by atoms with Crippen molar-refractivity contribution in [3.8, 4) is 0 Å². The van der Waals surface area contributed by atoms with Gasteiger partial charge in [0.2, 0.25) is 5.91 Å². The average molecular weight is 822 g/mol. The molecule has 0 aliphatic heterocycles. The monoisotopic (exact) mass is 822 g/mol. The van der Waals surface area contributed by atoms with Crippen LogP contribution in [0.15, 0.2) is 0 Å². The van der Waals surface area contributed by atoms with Gasteiger partial charge in [-0.3, -0.25) is 9.59 Å². The van der Waals surface area contributed by atoms with E-state index < -0.39 is 18.2 Å². The number of carbonyl (C=O) groups is 2. The number of nitrogens with one attached hydrogen (secondary N) is 1. The van der Waals surface area contributed by atoms with E-state index in [9.17, 15) is 19.8 Å². The van der Waals surface area contributed by atoms with Crippen molar-refractivity contribution < 1.29 is 24.5 Å². The van der Waals surface area contributed by atoms with Gasteiger partial charge in [-0.25, -0.2) is 0 Å². The van der Waals surface area contributed by atoms with Crippen molar-refractivity contribution in [3.63, 3.8) is 0 Å². The van der Waals surface area contributed by atoms with Gasteiger partial charge in [0.05, 0.1) is 25.2 Å². The third-order valence-electron chi connectivity index (χ3n) is 12.4. The van der Waals surface area contributed by atoms with Gasteiger partial charge in [-0.2, -0.15) is 0 Å². The molecule has 0 spiro atoms. The molecule has 0 aromatic carbocycles. The number of hydrogen-bond donors (Lipinski definition) is 3. The first-order valence-corrected chi connectivity index (χ1v) is 26.3. The molecule has 0 fully saturated rings. The lowest BCUT2D eigenvalue weighted by molar-refractivity contribution is -0.151. The summed E-state index contributed by atoms with van der Waals surface area (Å²) >= 11 is 0. The number of hydrogen-bond acceptors (Lipinski definition) is 5. The molecule has 0 aliphatic rings. The Hall–Kier alpha value is -1.14. The molecule has 6 heteroatoms. The summed E-state index contributed by atoms with van der Waals surface area (Å²) in [5, 5.41) is 23.7. The molecule has 58 heavy (non-hydrogen) atoms. The average Bonchev–Trinajstić information content (AvgIpc) is 3.22. The van der Waals surface area contributed by atoms with E-state index in [4.69, 9.17) is 4.74 Å². The van der Waals surface area contributed by atoms with Crippen molar-refractivity contribution >= 4 is 11.9 Å². The SMILES string of the molecule is CCCCCCCCCCCCCCCCCCC(CC(=O)NC(CO)C(O)CCCCCCCCCCCC)OC(=O)CCCCCCCCCCCCCCC. The molecule has 0 heterocycles. The van der Waals surface area contributed by atoms with Crippen LogP contribution in [0.3, 0.4) is 0 Å². The lowest BCUT2D eigenvalue weighted by atomic mass is 10.0. The fourth-order valence-corrected chi connectivity index (χ4v) is 8.43. The highest BCUT2D eigenvalue weighted by atomic mass is 16.5. The highest BCUT2D eigenvalue weighted by Crippen LogP contribution is 2.19. The number of aliphatic hydroxyl groups excluding tert-OH is 2. The molecule has 0 saturated carbocycles. The van der Waals surface area contributed by atoms with E-state index in [0.29, 0.717) is 19.3 Å². The Bertz CT molecular complexity index is 837. The van der Waals surface area contributed by atoms with E-state index in [1.807, 2.05) is 0 Å². The first-order chi connectivity index (χ1) is 28.5. The predicted octanol–water partition coefficient (Wildman–Crippen LogP) is 15.6. The van der Waals surface area contributed by atoms with Gasteiger partial charge in [0.1, 0.15) is 6.10 Å². The number of carbonyl (C=O) groups excluding carboxylic acids is 2. The van der Waals surface area contributed by atoms with Gasteiger partial charge in [-0.15, -0.1) is 0 Å². The summed E-state index contributed by atoms with van der Waals surface area (Å²) in [6.45, 7) is 6.50. The van der Waals surface area contributed by atoms with E-state index in [1.54, 1.807) is 0 Å². The van der Waals surface area contributed by atoms with Crippen LogP contribution < -0.4 is 5.32 Å². The molecule has 1 amide bonds. The van der Waals surface area contributed by atoms with Crippen LogP contribution in [0.1, 0.15) is 297 Å². The van der Waals surface area contributed by atoms with E-state index in [-0.39, 0.29) is 24.9 Å². The molecular formula is C52H103NO5. The Balaban J connectivity index is 4.51. The second-order valence-corrected chi connectivity index (χ2v) is 18.3. The molecule has 0 bridgehead atoms. The third-order valence-corrected chi connectivity index (χ3v) is 12.4. The van der Waals surface area contributed by atoms with Crippen LogP contribution in [0.5, 0.6) is 0 Å². The number of ether oxygens (including phenoxy) is 1. The minimum absolute atomic E-state index is 0.0879. The summed E-state index contributed by atoms with van der Waals surface area (Å²) < 4.78 is 5.94. The molecule has 0 radical (unpaired) electrons. The van der Waals surface area contributed by atoms with Crippen molar-refractivity contribution in [2.45, 2.75) is 315 Å². The van der Waals surface area contributed by atoms with Crippen molar-refractivity contribution in [1.82, 2.24) is 5.32 Å². The number of rotatable bonds is 48. The maximum Gasteiger partial charge on any atom is 0.306 e. The number of unbranched alkanes of at least 4 members (excludes halogenated alkanes) is 36. The Morgan fingerprint density at radius 1 is 0.431 bits per heavy atom. The van der Waals surface area contributed by atoms with Crippen LogP contribution in [0.25, 0.3) is 0 Å². The van der Waals surface area contributed by atoms with Gasteiger partial charge >= 0.3 is 5.97 Å². The van der Waals surface area contributed by atoms with Crippen LogP contribution in [0.2, 0.25) is 0 Å². The van der Waals surface area contributed by atoms with Gasteiger partial charge in [0.15, 0.2) is 0 Å². The smallest absolute Gasteiger partial charge is 0.306 e. The lowest BCUT2D eigenvalue weighted by Gasteiger charge is -2.24. The summed E-state index contributed by atoms with van der Waals surface area (Å²) in [5.74, 6) is -0.450. The Labute approximate surface area is 362 Å². The second kappa shape index (κ2) is 46.9. The van der Waals surface area contributed by atoms with E-state index in [1.165, 1.54) is 212 Å². The summed E-state index contributed by atoms with van der Waals surface area (Å²) in [4.78, 5) is 26.1. The molecule has 3 atom stereocenters. The highest BCUT2D eigenvalue weighted by Gasteiger charge is 2.24. The predicted molar refractivity (Wildman–Crippen MR) is 250 cm³/mol. The molecule has 346 valence electrons. The molecule has 0 saturated heterocycles. The highest BCUT2D eigenvalue weighted by molar-refractivity contribution is 5.77.